The van der Waals surface area contributed by atoms with Gasteiger partial charge >= 0.3 is 6.18 Å². The molecule has 0 spiro atoms. The molecule has 0 radical (unpaired) electrons. The predicted molar refractivity (Wildman–Crippen MR) is 142 cm³/mol. The van der Waals surface area contributed by atoms with E-state index in [9.17, 15) is 32.4 Å². The first-order valence-electron chi connectivity index (χ1n) is 12.9. The topological polar surface area (TPSA) is 108 Å². The number of nitrogens with zero attached hydrogens (tertiary/aromatic N) is 2. The van der Waals surface area contributed by atoms with Crippen molar-refractivity contribution < 1.29 is 31.6 Å². The first-order valence-corrected chi connectivity index (χ1v) is 12.9. The zero-order valence-corrected chi connectivity index (χ0v) is 21.9. The summed E-state index contributed by atoms with van der Waals surface area (Å²) in [6.45, 7) is 0. The number of hydrogen-bond acceptors (Lipinski definition) is 5. The molecular weight excluding hydrogens is 540 g/mol. The summed E-state index contributed by atoms with van der Waals surface area (Å²) < 4.78 is 59.2. The lowest BCUT2D eigenvalue weighted by Crippen LogP contribution is -2.52. The molecule has 210 valence electrons. The molecule has 41 heavy (non-hydrogen) atoms. The highest BCUT2D eigenvalue weighted by Crippen LogP contribution is 2.38. The maximum Gasteiger partial charge on any atom is 0.389 e. The number of hydrogen-bond donors (Lipinski definition) is 2. The van der Waals surface area contributed by atoms with Crippen molar-refractivity contribution in [2.75, 3.05) is 7.05 Å². The molecule has 2 aromatic heterocycles. The van der Waals surface area contributed by atoms with Crippen molar-refractivity contribution in [3.05, 3.63) is 77.2 Å². The Kier molecular flexibility index (Phi) is 7.26. The Morgan fingerprint density at radius 2 is 1.80 bits per heavy atom. The summed E-state index contributed by atoms with van der Waals surface area (Å²) in [6, 6.07) is 15.2. The van der Waals surface area contributed by atoms with Crippen molar-refractivity contribution in [2.45, 2.75) is 43.8 Å². The van der Waals surface area contributed by atoms with Gasteiger partial charge in [-0.05, 0) is 73.7 Å². The van der Waals surface area contributed by atoms with Crippen molar-refractivity contribution in [1.29, 1.82) is 5.26 Å². The maximum atomic E-state index is 13.6. The number of fused-ring (bicyclic) bond motifs is 1. The number of alkyl halides is 3. The van der Waals surface area contributed by atoms with Crippen LogP contribution in [0.2, 0.25) is 0 Å². The molecule has 11 heteroatoms. The van der Waals surface area contributed by atoms with Gasteiger partial charge in [-0.1, -0.05) is 12.1 Å². The summed E-state index contributed by atoms with van der Waals surface area (Å²) in [5.74, 6) is -1.43. The van der Waals surface area contributed by atoms with Crippen molar-refractivity contribution in [3.63, 3.8) is 0 Å². The van der Waals surface area contributed by atoms with E-state index in [0.29, 0.717) is 24.0 Å². The van der Waals surface area contributed by atoms with Gasteiger partial charge in [-0.2, -0.15) is 18.4 Å². The van der Waals surface area contributed by atoms with E-state index < -0.39 is 42.2 Å². The number of carbonyl (C=O) groups is 2. The fourth-order valence-corrected chi connectivity index (χ4v) is 4.83. The lowest BCUT2D eigenvalue weighted by atomic mass is 9.78. The third-order valence-corrected chi connectivity index (χ3v) is 7.18. The number of aryl methyl sites for hydroxylation is 1. The molecule has 5 rings (SSSR count). The Hall–Kier alpha value is -4.72. The van der Waals surface area contributed by atoms with Crippen LogP contribution < -0.4 is 10.6 Å². The van der Waals surface area contributed by atoms with Gasteiger partial charge in [-0.15, -0.1) is 0 Å². The Bertz CT molecular complexity index is 1680. The molecule has 2 amide bonds. The third-order valence-electron chi connectivity index (χ3n) is 7.18. The van der Waals surface area contributed by atoms with E-state index in [-0.39, 0.29) is 39.2 Å². The zero-order valence-electron chi connectivity index (χ0n) is 21.9. The SMILES string of the molecule is CNC(=O)c1c(-c2ccc(F)cc2)oc2nc(CCC(F)(F)F)c(-c3cccc(C(=O)NC4(C#N)CCC4)c3)cc12. The minimum atomic E-state index is -4.46. The normalized spacial score (nSPS) is 14.2. The number of nitrogens with one attached hydrogen (secondary N) is 2. The van der Waals surface area contributed by atoms with Gasteiger partial charge in [-0.25, -0.2) is 9.37 Å². The molecule has 0 bridgehead atoms. The Labute approximate surface area is 232 Å². The average Bonchev–Trinajstić information content (AvgIpc) is 3.31. The van der Waals surface area contributed by atoms with Gasteiger partial charge in [0.15, 0.2) is 0 Å². The molecule has 0 saturated heterocycles. The van der Waals surface area contributed by atoms with Gasteiger partial charge in [0, 0.05) is 30.2 Å². The smallest absolute Gasteiger partial charge is 0.389 e. The Morgan fingerprint density at radius 1 is 1.07 bits per heavy atom. The first kappa shape index (κ1) is 27.8. The molecule has 0 aliphatic heterocycles. The van der Waals surface area contributed by atoms with Gasteiger partial charge in [0.05, 0.1) is 22.7 Å². The number of amides is 2. The molecular formula is C30H24F4N4O3. The number of nitriles is 1. The minimum absolute atomic E-state index is 0.0568. The van der Waals surface area contributed by atoms with Gasteiger partial charge in [0.1, 0.15) is 17.1 Å². The van der Waals surface area contributed by atoms with Crippen LogP contribution in [-0.2, 0) is 6.42 Å². The lowest BCUT2D eigenvalue weighted by molar-refractivity contribution is -0.134. The molecule has 7 nitrogen and oxygen atoms in total. The quantitative estimate of drug-likeness (QED) is 0.255. The highest BCUT2D eigenvalue weighted by Gasteiger charge is 2.39. The van der Waals surface area contributed by atoms with Crippen LogP contribution >= 0.6 is 0 Å². The van der Waals surface area contributed by atoms with Crippen LogP contribution in [0.5, 0.6) is 0 Å². The maximum absolute atomic E-state index is 13.6. The number of benzene rings is 2. The van der Waals surface area contributed by atoms with Crippen molar-refractivity contribution >= 4 is 22.9 Å². The number of pyridine rings is 1. The van der Waals surface area contributed by atoms with Crippen LogP contribution in [-0.4, -0.2) is 35.6 Å². The fourth-order valence-electron chi connectivity index (χ4n) is 4.83. The number of carbonyl (C=O) groups excluding carboxylic acids is 2. The van der Waals surface area contributed by atoms with Crippen LogP contribution in [0, 0.1) is 17.1 Å². The molecule has 4 aromatic rings. The van der Waals surface area contributed by atoms with Gasteiger partial charge in [0.2, 0.25) is 5.71 Å². The Balaban J connectivity index is 1.65. The Morgan fingerprint density at radius 3 is 2.41 bits per heavy atom. The van der Waals surface area contributed by atoms with Crippen LogP contribution in [0.1, 0.15) is 52.1 Å². The average molecular weight is 565 g/mol. The molecule has 2 aromatic carbocycles. The summed E-state index contributed by atoms with van der Waals surface area (Å²) in [5, 5.41) is 15.0. The molecule has 2 N–H and O–H groups in total. The zero-order chi connectivity index (χ0) is 29.4. The third kappa shape index (κ3) is 5.63. The van der Waals surface area contributed by atoms with E-state index in [0.717, 1.165) is 6.42 Å². The van der Waals surface area contributed by atoms with Crippen LogP contribution in [0.15, 0.2) is 59.0 Å². The van der Waals surface area contributed by atoms with E-state index in [1.54, 1.807) is 18.2 Å². The van der Waals surface area contributed by atoms with Crippen molar-refractivity contribution in [2.24, 2.45) is 0 Å². The summed E-state index contributed by atoms with van der Waals surface area (Å²) in [4.78, 5) is 30.4. The van der Waals surface area contributed by atoms with E-state index >= 15 is 0 Å². The second-order valence-corrected chi connectivity index (χ2v) is 9.93. The highest BCUT2D eigenvalue weighted by atomic mass is 19.4. The second kappa shape index (κ2) is 10.7. The first-order chi connectivity index (χ1) is 19.5. The molecule has 2 heterocycles. The standard InChI is InChI=1S/C30H24F4N4O3/c1-36-27(40)24-22-15-21(18-4-2-5-19(14-18)26(39)38-29(16-35)11-3-12-29)23(10-13-30(32,33)34)37-28(22)41-25(24)17-6-8-20(31)9-7-17/h2,4-9,14-15H,3,10-13H2,1H3,(H,36,40)(H,38,39). The van der Waals surface area contributed by atoms with Gasteiger partial charge < -0.3 is 15.1 Å². The van der Waals surface area contributed by atoms with Crippen molar-refractivity contribution in [3.8, 4) is 28.5 Å². The van der Waals surface area contributed by atoms with Gasteiger partial charge in [-0.3, -0.25) is 9.59 Å². The highest BCUT2D eigenvalue weighted by molar-refractivity contribution is 6.11. The van der Waals surface area contributed by atoms with E-state index in [1.807, 2.05) is 0 Å². The number of furan rings is 1. The summed E-state index contributed by atoms with van der Waals surface area (Å²) in [7, 11) is 1.42. The summed E-state index contributed by atoms with van der Waals surface area (Å²) in [6.07, 6.45) is -4.20. The molecule has 0 unspecified atom stereocenters. The van der Waals surface area contributed by atoms with E-state index in [1.165, 1.54) is 43.4 Å². The molecule has 0 atom stereocenters. The number of aromatic nitrogens is 1. The predicted octanol–water partition coefficient (Wildman–Crippen LogP) is 6.33. The minimum Gasteiger partial charge on any atom is -0.437 e. The van der Waals surface area contributed by atoms with Crippen LogP contribution in [0.25, 0.3) is 33.6 Å². The van der Waals surface area contributed by atoms with E-state index in [4.69, 9.17) is 4.42 Å². The molecule has 1 aliphatic carbocycles. The molecule has 1 aliphatic rings. The summed E-state index contributed by atoms with van der Waals surface area (Å²) in [5.41, 5.74) is 0.435. The number of halogens is 4. The van der Waals surface area contributed by atoms with Crippen LogP contribution in [0.3, 0.4) is 0 Å². The van der Waals surface area contributed by atoms with Crippen LogP contribution in [0.4, 0.5) is 17.6 Å². The fraction of sp³-hybridized carbons (Fsp3) is 0.267. The van der Waals surface area contributed by atoms with Gasteiger partial charge in [0.25, 0.3) is 11.8 Å². The lowest BCUT2D eigenvalue weighted by Gasteiger charge is -2.35. The monoisotopic (exact) mass is 564 g/mol. The van der Waals surface area contributed by atoms with Crippen molar-refractivity contribution in [1.82, 2.24) is 15.6 Å². The second-order valence-electron chi connectivity index (χ2n) is 9.93. The molecule has 1 fully saturated rings. The number of rotatable bonds is 7. The summed E-state index contributed by atoms with van der Waals surface area (Å²) >= 11 is 0. The van der Waals surface area contributed by atoms with E-state index in [2.05, 4.69) is 21.7 Å². The largest absolute Gasteiger partial charge is 0.437 e. The molecule has 1 saturated carbocycles.